The Hall–Kier alpha value is -0.730. The molecule has 2 rings (SSSR count). The fourth-order valence-electron chi connectivity index (χ4n) is 3.05. The van der Waals surface area contributed by atoms with Crippen molar-refractivity contribution in [1.29, 1.82) is 0 Å². The molecule has 0 fully saturated rings. The molecule has 20 heavy (non-hydrogen) atoms. The maximum atomic E-state index is 6.48. The SMILES string of the molecule is CCCNC1CC(C)(C)CCc2c(Cl)cc(OC)cc21. The number of rotatable bonds is 4. The van der Waals surface area contributed by atoms with E-state index < -0.39 is 0 Å². The highest BCUT2D eigenvalue weighted by Gasteiger charge is 2.30. The van der Waals surface area contributed by atoms with Gasteiger partial charge >= 0.3 is 0 Å². The predicted octanol–water partition coefficient (Wildman–Crippen LogP) is 4.75. The predicted molar refractivity (Wildman–Crippen MR) is 85.8 cm³/mol. The largest absolute Gasteiger partial charge is 0.497 e. The van der Waals surface area contributed by atoms with Crippen molar-refractivity contribution >= 4 is 11.6 Å². The molecule has 0 heterocycles. The van der Waals surface area contributed by atoms with Crippen molar-refractivity contribution in [2.75, 3.05) is 13.7 Å². The number of ether oxygens (including phenoxy) is 1. The number of hydrogen-bond acceptors (Lipinski definition) is 2. The molecule has 1 aliphatic rings. The second kappa shape index (κ2) is 6.36. The highest BCUT2D eigenvalue weighted by molar-refractivity contribution is 6.31. The van der Waals surface area contributed by atoms with Gasteiger partial charge in [0.05, 0.1) is 7.11 Å². The van der Waals surface area contributed by atoms with E-state index in [1.165, 1.54) is 17.5 Å². The van der Waals surface area contributed by atoms with Crippen LogP contribution in [-0.2, 0) is 6.42 Å². The van der Waals surface area contributed by atoms with Crippen LogP contribution in [0.5, 0.6) is 5.75 Å². The first-order valence-electron chi connectivity index (χ1n) is 7.56. The summed E-state index contributed by atoms with van der Waals surface area (Å²) in [4.78, 5) is 0. The first-order valence-corrected chi connectivity index (χ1v) is 7.94. The summed E-state index contributed by atoms with van der Waals surface area (Å²) in [6.45, 7) is 7.94. The van der Waals surface area contributed by atoms with Gasteiger partial charge in [0.1, 0.15) is 5.75 Å². The summed E-state index contributed by atoms with van der Waals surface area (Å²) >= 11 is 6.48. The Balaban J connectivity index is 2.42. The van der Waals surface area contributed by atoms with Gasteiger partial charge in [-0.2, -0.15) is 0 Å². The van der Waals surface area contributed by atoms with Crippen LogP contribution in [0.25, 0.3) is 0 Å². The van der Waals surface area contributed by atoms with E-state index in [0.717, 1.165) is 36.6 Å². The van der Waals surface area contributed by atoms with Crippen LogP contribution < -0.4 is 10.1 Å². The van der Waals surface area contributed by atoms with Crippen LogP contribution in [0.3, 0.4) is 0 Å². The van der Waals surface area contributed by atoms with E-state index in [2.05, 4.69) is 32.2 Å². The molecule has 1 aliphatic carbocycles. The van der Waals surface area contributed by atoms with Gasteiger partial charge in [0.15, 0.2) is 0 Å². The molecule has 0 saturated heterocycles. The average molecular weight is 296 g/mol. The Labute approximate surface area is 127 Å². The number of halogens is 1. The normalized spacial score (nSPS) is 21.1. The molecule has 112 valence electrons. The lowest BCUT2D eigenvalue weighted by atomic mass is 9.83. The van der Waals surface area contributed by atoms with Crippen LogP contribution in [0.2, 0.25) is 5.02 Å². The van der Waals surface area contributed by atoms with E-state index in [-0.39, 0.29) is 0 Å². The molecule has 0 aliphatic heterocycles. The summed E-state index contributed by atoms with van der Waals surface area (Å²) in [5.41, 5.74) is 2.96. The molecule has 0 radical (unpaired) electrons. The molecule has 3 heteroatoms. The van der Waals surface area contributed by atoms with Gasteiger partial charge in [-0.3, -0.25) is 0 Å². The van der Waals surface area contributed by atoms with Crippen LogP contribution >= 0.6 is 11.6 Å². The highest BCUT2D eigenvalue weighted by atomic mass is 35.5. The van der Waals surface area contributed by atoms with E-state index in [1.54, 1.807) is 7.11 Å². The quantitative estimate of drug-likeness (QED) is 0.809. The number of hydrogen-bond donors (Lipinski definition) is 1. The van der Waals surface area contributed by atoms with E-state index >= 15 is 0 Å². The van der Waals surface area contributed by atoms with Gasteiger partial charge in [0.25, 0.3) is 0 Å². The summed E-state index contributed by atoms with van der Waals surface area (Å²) < 4.78 is 5.39. The van der Waals surface area contributed by atoms with Gasteiger partial charge < -0.3 is 10.1 Å². The van der Waals surface area contributed by atoms with Crippen molar-refractivity contribution in [3.8, 4) is 5.75 Å². The molecule has 1 aromatic carbocycles. The van der Waals surface area contributed by atoms with Crippen molar-refractivity contribution in [2.24, 2.45) is 5.41 Å². The van der Waals surface area contributed by atoms with Gasteiger partial charge in [0.2, 0.25) is 0 Å². The Kier molecular flexibility index (Phi) is 4.98. The third kappa shape index (κ3) is 3.48. The fraction of sp³-hybridized carbons (Fsp3) is 0.647. The first kappa shape index (κ1) is 15.7. The van der Waals surface area contributed by atoms with Crippen LogP contribution in [0.1, 0.15) is 57.2 Å². The Morgan fingerprint density at radius 2 is 2.15 bits per heavy atom. The molecule has 0 bridgehead atoms. The standard InChI is InChI=1S/C17H26ClNO/c1-5-8-19-16-11-17(2,3)7-6-13-14(16)9-12(20-4)10-15(13)18/h9-10,16,19H,5-8,11H2,1-4H3. The summed E-state index contributed by atoms with van der Waals surface area (Å²) in [5.74, 6) is 0.858. The molecule has 1 unspecified atom stereocenters. The smallest absolute Gasteiger partial charge is 0.120 e. The minimum atomic E-state index is 0.334. The zero-order chi connectivity index (χ0) is 14.8. The number of fused-ring (bicyclic) bond motifs is 1. The number of nitrogens with one attached hydrogen (secondary N) is 1. The van der Waals surface area contributed by atoms with Crippen LogP contribution in [-0.4, -0.2) is 13.7 Å². The second-order valence-electron chi connectivity index (χ2n) is 6.55. The third-order valence-corrected chi connectivity index (χ3v) is 4.60. The minimum absolute atomic E-state index is 0.334. The lowest BCUT2D eigenvalue weighted by molar-refractivity contribution is 0.273. The van der Waals surface area contributed by atoms with Gasteiger partial charge in [0, 0.05) is 11.1 Å². The fourth-order valence-corrected chi connectivity index (χ4v) is 3.36. The average Bonchev–Trinajstić information content (AvgIpc) is 2.53. The van der Waals surface area contributed by atoms with Gasteiger partial charge in [-0.05, 0) is 60.9 Å². The highest BCUT2D eigenvalue weighted by Crippen LogP contribution is 2.42. The maximum absolute atomic E-state index is 6.48. The van der Waals surface area contributed by atoms with Gasteiger partial charge in [-0.15, -0.1) is 0 Å². The molecule has 0 spiro atoms. The number of benzene rings is 1. The maximum Gasteiger partial charge on any atom is 0.120 e. The van der Waals surface area contributed by atoms with Crippen molar-refractivity contribution in [3.63, 3.8) is 0 Å². The van der Waals surface area contributed by atoms with Crippen molar-refractivity contribution in [2.45, 2.75) is 52.5 Å². The number of methoxy groups -OCH3 is 1. The summed E-state index contributed by atoms with van der Waals surface area (Å²) in [6, 6.07) is 4.47. The Bertz CT molecular complexity index is 470. The zero-order valence-electron chi connectivity index (χ0n) is 13.1. The third-order valence-electron chi connectivity index (χ3n) is 4.26. The summed E-state index contributed by atoms with van der Waals surface area (Å²) in [6.07, 6.45) is 4.51. The second-order valence-corrected chi connectivity index (χ2v) is 6.96. The van der Waals surface area contributed by atoms with E-state index in [4.69, 9.17) is 16.3 Å². The van der Waals surface area contributed by atoms with Crippen LogP contribution in [0.15, 0.2) is 12.1 Å². The van der Waals surface area contributed by atoms with E-state index in [9.17, 15) is 0 Å². The molecule has 1 N–H and O–H groups in total. The molecule has 0 amide bonds. The van der Waals surface area contributed by atoms with Gasteiger partial charge in [-0.1, -0.05) is 32.4 Å². The first-order chi connectivity index (χ1) is 9.46. The molecule has 0 aromatic heterocycles. The zero-order valence-corrected chi connectivity index (χ0v) is 13.8. The summed E-state index contributed by atoms with van der Waals surface area (Å²) in [5, 5.41) is 4.53. The van der Waals surface area contributed by atoms with Gasteiger partial charge in [-0.25, -0.2) is 0 Å². The van der Waals surface area contributed by atoms with Crippen molar-refractivity contribution in [3.05, 3.63) is 28.3 Å². The molecule has 1 atom stereocenters. The minimum Gasteiger partial charge on any atom is -0.497 e. The van der Waals surface area contributed by atoms with Crippen molar-refractivity contribution < 1.29 is 4.74 Å². The monoisotopic (exact) mass is 295 g/mol. The molecule has 1 aromatic rings. The Morgan fingerprint density at radius 1 is 1.40 bits per heavy atom. The Morgan fingerprint density at radius 3 is 2.80 bits per heavy atom. The molecule has 0 saturated carbocycles. The summed E-state index contributed by atoms with van der Waals surface area (Å²) in [7, 11) is 1.70. The van der Waals surface area contributed by atoms with Crippen LogP contribution in [0.4, 0.5) is 0 Å². The topological polar surface area (TPSA) is 21.3 Å². The van der Waals surface area contributed by atoms with Crippen molar-refractivity contribution in [1.82, 2.24) is 5.32 Å². The van der Waals surface area contributed by atoms with E-state index in [1.807, 2.05) is 6.07 Å². The molecule has 2 nitrogen and oxygen atoms in total. The van der Waals surface area contributed by atoms with E-state index in [0.29, 0.717) is 11.5 Å². The molecular weight excluding hydrogens is 270 g/mol. The molecular formula is C17H26ClNO. The lowest BCUT2D eigenvalue weighted by Gasteiger charge is -2.28. The van der Waals surface area contributed by atoms with Crippen LogP contribution in [0, 0.1) is 5.41 Å². The lowest BCUT2D eigenvalue weighted by Crippen LogP contribution is -2.26.